The van der Waals surface area contributed by atoms with Crippen LogP contribution in [0, 0.1) is 13.8 Å². The van der Waals surface area contributed by atoms with Gasteiger partial charge in [-0.25, -0.2) is 0 Å². The molecule has 0 saturated carbocycles. The lowest BCUT2D eigenvalue weighted by molar-refractivity contribution is -0.119. The molecule has 0 spiro atoms. The van der Waals surface area contributed by atoms with Gasteiger partial charge < -0.3 is 9.80 Å². The van der Waals surface area contributed by atoms with E-state index in [0.717, 1.165) is 23.2 Å². The van der Waals surface area contributed by atoms with E-state index in [9.17, 15) is 9.59 Å². The molecule has 0 bridgehead atoms. The van der Waals surface area contributed by atoms with Crippen LogP contribution in [0.5, 0.6) is 0 Å². The molecular weight excluding hydrogens is 304 g/mol. The van der Waals surface area contributed by atoms with Crippen molar-refractivity contribution in [1.29, 1.82) is 0 Å². The van der Waals surface area contributed by atoms with Crippen molar-refractivity contribution in [2.24, 2.45) is 7.05 Å². The number of piperazine rings is 1. The fourth-order valence-electron chi connectivity index (χ4n) is 3.12. The summed E-state index contributed by atoms with van der Waals surface area (Å²) in [5.74, 6) is -0.0767. The van der Waals surface area contributed by atoms with Crippen molar-refractivity contribution in [2.75, 3.05) is 26.2 Å². The summed E-state index contributed by atoms with van der Waals surface area (Å²) in [6, 6.07) is 8.11. The first-order chi connectivity index (χ1) is 11.5. The molecule has 0 N–H and O–H groups in total. The smallest absolute Gasteiger partial charge is 0.274 e. The molecule has 0 atom stereocenters. The molecule has 0 aliphatic carbocycles. The molecule has 24 heavy (non-hydrogen) atoms. The number of carbonyl (C=O) groups excluding carboxylic acids is 2. The van der Waals surface area contributed by atoms with Crippen LogP contribution in [0.2, 0.25) is 0 Å². The number of aryl methyl sites for hydroxylation is 3. The quantitative estimate of drug-likeness (QED) is 0.805. The molecule has 6 nitrogen and oxygen atoms in total. The highest BCUT2D eigenvalue weighted by atomic mass is 16.2. The maximum Gasteiger partial charge on any atom is 0.274 e. The van der Waals surface area contributed by atoms with Gasteiger partial charge in [0.25, 0.3) is 5.91 Å². The van der Waals surface area contributed by atoms with Crippen LogP contribution in [0.4, 0.5) is 0 Å². The molecule has 1 fully saturated rings. The van der Waals surface area contributed by atoms with E-state index in [-0.39, 0.29) is 5.91 Å². The Hall–Kier alpha value is -2.63. The van der Waals surface area contributed by atoms with Gasteiger partial charge in [0.1, 0.15) is 0 Å². The van der Waals surface area contributed by atoms with E-state index in [1.54, 1.807) is 14.5 Å². The predicted molar refractivity (Wildman–Crippen MR) is 91.7 cm³/mol. The van der Waals surface area contributed by atoms with Gasteiger partial charge in [0.2, 0.25) is 6.41 Å². The van der Waals surface area contributed by atoms with Crippen molar-refractivity contribution in [3.05, 3.63) is 41.1 Å². The van der Waals surface area contributed by atoms with Crippen molar-refractivity contribution < 1.29 is 9.59 Å². The minimum atomic E-state index is -0.0767. The average molecular weight is 326 g/mol. The number of benzene rings is 1. The van der Waals surface area contributed by atoms with Crippen molar-refractivity contribution in [3.8, 4) is 11.3 Å². The Morgan fingerprint density at radius 3 is 2.46 bits per heavy atom. The second kappa shape index (κ2) is 6.47. The van der Waals surface area contributed by atoms with Crippen molar-refractivity contribution in [3.63, 3.8) is 0 Å². The van der Waals surface area contributed by atoms with Crippen LogP contribution in [-0.2, 0) is 11.8 Å². The van der Waals surface area contributed by atoms with Crippen molar-refractivity contribution in [1.82, 2.24) is 19.6 Å². The molecule has 0 radical (unpaired) electrons. The van der Waals surface area contributed by atoms with Gasteiger partial charge in [0, 0.05) is 38.8 Å². The fraction of sp³-hybridized carbons (Fsp3) is 0.389. The normalized spacial score (nSPS) is 14.8. The van der Waals surface area contributed by atoms with Crippen LogP contribution in [0.25, 0.3) is 11.3 Å². The average Bonchev–Trinajstić information content (AvgIpc) is 2.96. The lowest BCUT2D eigenvalue weighted by atomic mass is 10.0. The van der Waals surface area contributed by atoms with Crippen LogP contribution >= 0.6 is 0 Å². The monoisotopic (exact) mass is 326 g/mol. The van der Waals surface area contributed by atoms with Gasteiger partial charge in [-0.05, 0) is 25.5 Å². The minimum Gasteiger partial charge on any atom is -0.342 e. The highest BCUT2D eigenvalue weighted by molar-refractivity contribution is 5.93. The summed E-state index contributed by atoms with van der Waals surface area (Å²) < 4.78 is 1.76. The van der Waals surface area contributed by atoms with E-state index in [4.69, 9.17) is 0 Å². The number of carbonyl (C=O) groups is 2. The zero-order valence-corrected chi connectivity index (χ0v) is 14.3. The first-order valence-electron chi connectivity index (χ1n) is 8.10. The zero-order valence-electron chi connectivity index (χ0n) is 14.3. The molecule has 6 heteroatoms. The van der Waals surface area contributed by atoms with Gasteiger partial charge in [-0.3, -0.25) is 14.3 Å². The highest BCUT2D eigenvalue weighted by Crippen LogP contribution is 2.25. The number of hydrogen-bond donors (Lipinski definition) is 0. The molecule has 2 amide bonds. The Morgan fingerprint density at radius 2 is 1.83 bits per heavy atom. The third-order valence-corrected chi connectivity index (χ3v) is 4.51. The first kappa shape index (κ1) is 16.2. The fourth-order valence-corrected chi connectivity index (χ4v) is 3.12. The third kappa shape index (κ3) is 3.04. The zero-order chi connectivity index (χ0) is 17.3. The molecule has 0 unspecified atom stereocenters. The van der Waals surface area contributed by atoms with Crippen molar-refractivity contribution in [2.45, 2.75) is 13.8 Å². The molecule has 126 valence electrons. The van der Waals surface area contributed by atoms with Crippen LogP contribution in [-0.4, -0.2) is 58.1 Å². The summed E-state index contributed by atoms with van der Waals surface area (Å²) in [5.41, 5.74) is 4.84. The maximum absolute atomic E-state index is 12.7. The minimum absolute atomic E-state index is 0.0767. The molecule has 1 aliphatic heterocycles. The van der Waals surface area contributed by atoms with E-state index in [1.165, 1.54) is 5.56 Å². The Morgan fingerprint density at radius 1 is 1.12 bits per heavy atom. The van der Waals surface area contributed by atoms with Gasteiger partial charge in [-0.15, -0.1) is 0 Å². The van der Waals surface area contributed by atoms with Gasteiger partial charge in [0.05, 0.1) is 5.69 Å². The lowest BCUT2D eigenvalue weighted by Crippen LogP contribution is -2.48. The molecule has 1 aliphatic rings. The summed E-state index contributed by atoms with van der Waals surface area (Å²) in [7, 11) is 1.86. The summed E-state index contributed by atoms with van der Waals surface area (Å²) in [5, 5.41) is 4.41. The van der Waals surface area contributed by atoms with Crippen LogP contribution in [0.1, 0.15) is 21.6 Å². The van der Waals surface area contributed by atoms with Crippen molar-refractivity contribution >= 4 is 12.3 Å². The summed E-state index contributed by atoms with van der Waals surface area (Å²) in [6.45, 7) is 6.38. The summed E-state index contributed by atoms with van der Waals surface area (Å²) in [6.07, 6.45) is 0.834. The maximum atomic E-state index is 12.7. The molecule has 3 rings (SSSR count). The Kier molecular flexibility index (Phi) is 4.38. The molecule has 2 heterocycles. The summed E-state index contributed by atoms with van der Waals surface area (Å²) in [4.78, 5) is 26.9. The number of rotatable bonds is 3. The van der Waals surface area contributed by atoms with Gasteiger partial charge >= 0.3 is 0 Å². The van der Waals surface area contributed by atoms with E-state index in [0.29, 0.717) is 31.9 Å². The number of hydrogen-bond acceptors (Lipinski definition) is 3. The first-order valence-corrected chi connectivity index (χ1v) is 8.10. The Labute approximate surface area is 141 Å². The highest BCUT2D eigenvalue weighted by Gasteiger charge is 2.24. The van der Waals surface area contributed by atoms with Gasteiger partial charge in [-0.1, -0.05) is 23.8 Å². The second-order valence-corrected chi connectivity index (χ2v) is 6.29. The number of nitrogens with zero attached hydrogens (tertiary/aromatic N) is 4. The van der Waals surface area contributed by atoms with Crippen LogP contribution in [0.3, 0.4) is 0 Å². The van der Waals surface area contributed by atoms with E-state index in [2.05, 4.69) is 37.1 Å². The van der Waals surface area contributed by atoms with E-state index < -0.39 is 0 Å². The Balaban J connectivity index is 1.83. The molecular formula is C18H22N4O2. The third-order valence-electron chi connectivity index (χ3n) is 4.51. The predicted octanol–water partition coefficient (Wildman–Crippen LogP) is 1.62. The lowest BCUT2D eigenvalue weighted by Gasteiger charge is -2.32. The SMILES string of the molecule is Cc1ccc(-c2cc(C(=O)N3CCN(C=O)CC3)nn2C)c(C)c1. The molecule has 1 aromatic heterocycles. The van der Waals surface area contributed by atoms with E-state index in [1.807, 2.05) is 13.1 Å². The van der Waals surface area contributed by atoms with Gasteiger partial charge in [-0.2, -0.15) is 5.10 Å². The second-order valence-electron chi connectivity index (χ2n) is 6.29. The summed E-state index contributed by atoms with van der Waals surface area (Å²) >= 11 is 0. The van der Waals surface area contributed by atoms with Gasteiger partial charge in [0.15, 0.2) is 5.69 Å². The molecule has 1 saturated heterocycles. The standard InChI is InChI=1S/C18H22N4O2/c1-13-4-5-15(14(2)10-13)17-11-16(19-20(17)3)18(24)22-8-6-21(12-23)7-9-22/h4-5,10-12H,6-9H2,1-3H3. The number of aromatic nitrogens is 2. The largest absolute Gasteiger partial charge is 0.342 e. The van der Waals surface area contributed by atoms with E-state index >= 15 is 0 Å². The van der Waals surface area contributed by atoms with Crippen LogP contribution in [0.15, 0.2) is 24.3 Å². The molecule has 1 aromatic carbocycles. The number of amides is 2. The Bertz CT molecular complexity index is 773. The molecule has 2 aromatic rings. The van der Waals surface area contributed by atoms with Crippen LogP contribution < -0.4 is 0 Å². The topological polar surface area (TPSA) is 58.4 Å².